The fourth-order valence-electron chi connectivity index (χ4n) is 2.46. The summed E-state index contributed by atoms with van der Waals surface area (Å²) in [6, 6.07) is 3.91. The number of piperidine rings is 1. The van der Waals surface area contributed by atoms with Gasteiger partial charge in [0.1, 0.15) is 0 Å². The van der Waals surface area contributed by atoms with E-state index in [9.17, 15) is 13.6 Å². The van der Waals surface area contributed by atoms with E-state index in [-0.39, 0.29) is 11.6 Å². The zero-order chi connectivity index (χ0) is 13.1. The molecule has 1 aromatic carbocycles. The molecule has 0 radical (unpaired) electrons. The highest BCUT2D eigenvalue weighted by Crippen LogP contribution is 2.32. The first kappa shape index (κ1) is 13.0. The molecule has 2 rings (SSSR count). The summed E-state index contributed by atoms with van der Waals surface area (Å²) in [5.41, 5.74) is 0.252. The number of benzene rings is 1. The molecule has 0 bridgehead atoms. The fourth-order valence-corrected chi connectivity index (χ4v) is 2.46. The van der Waals surface area contributed by atoms with Crippen molar-refractivity contribution in [3.8, 4) is 0 Å². The molecule has 1 amide bonds. The van der Waals surface area contributed by atoms with E-state index in [1.807, 2.05) is 7.05 Å². The minimum Gasteiger partial charge on any atom is -0.338 e. The van der Waals surface area contributed by atoms with Crippen molar-refractivity contribution in [3.63, 3.8) is 0 Å². The van der Waals surface area contributed by atoms with Crippen molar-refractivity contribution in [3.05, 3.63) is 35.4 Å². The molecule has 1 aliphatic rings. The monoisotopic (exact) mass is 254 g/mol. The van der Waals surface area contributed by atoms with Gasteiger partial charge in [-0.05, 0) is 26.0 Å². The topological polar surface area (TPSA) is 32.3 Å². The minimum atomic E-state index is -0.870. The van der Waals surface area contributed by atoms with Crippen molar-refractivity contribution in [2.75, 3.05) is 13.6 Å². The van der Waals surface area contributed by atoms with Gasteiger partial charge in [-0.1, -0.05) is 12.1 Å². The quantitative estimate of drug-likeness (QED) is 0.835. The van der Waals surface area contributed by atoms with Gasteiger partial charge in [0.25, 0.3) is 0 Å². The maximum Gasteiger partial charge on any atom is 0.210 e. The summed E-state index contributed by atoms with van der Waals surface area (Å²) >= 11 is 0. The first-order valence-corrected chi connectivity index (χ1v) is 5.99. The normalized spacial score (nSPS) is 24.1. The van der Waals surface area contributed by atoms with Crippen LogP contribution in [-0.4, -0.2) is 30.9 Å². The third-order valence-corrected chi connectivity index (χ3v) is 3.53. The van der Waals surface area contributed by atoms with E-state index in [4.69, 9.17) is 0 Å². The Balaban J connectivity index is 2.32. The molecule has 2 atom stereocenters. The molecule has 1 N–H and O–H groups in total. The van der Waals surface area contributed by atoms with E-state index < -0.39 is 17.7 Å². The highest BCUT2D eigenvalue weighted by atomic mass is 19.2. The second-order valence-corrected chi connectivity index (χ2v) is 4.51. The molecule has 1 fully saturated rings. The summed E-state index contributed by atoms with van der Waals surface area (Å²) in [7, 11) is 1.83. The molecule has 1 aliphatic heterocycles. The molecule has 98 valence electrons. The predicted octanol–water partition coefficient (Wildman–Crippen LogP) is 1.85. The number of halogens is 2. The average Bonchev–Trinajstić information content (AvgIpc) is 2.41. The van der Waals surface area contributed by atoms with Crippen LogP contribution in [0.15, 0.2) is 18.2 Å². The Morgan fingerprint density at radius 2 is 2.22 bits per heavy atom. The van der Waals surface area contributed by atoms with Gasteiger partial charge in [-0.15, -0.1) is 0 Å². The number of hydrogen-bond acceptors (Lipinski definition) is 2. The Hall–Kier alpha value is -1.49. The fraction of sp³-hybridized carbons (Fsp3) is 0.462. The van der Waals surface area contributed by atoms with Crippen LogP contribution in [0.2, 0.25) is 0 Å². The van der Waals surface area contributed by atoms with Crippen LogP contribution < -0.4 is 5.32 Å². The third-order valence-electron chi connectivity index (χ3n) is 3.53. The van der Waals surface area contributed by atoms with Gasteiger partial charge < -0.3 is 10.2 Å². The summed E-state index contributed by atoms with van der Waals surface area (Å²) in [5, 5.41) is 3.12. The number of nitrogens with zero attached hydrogens (tertiary/aromatic N) is 1. The SMILES string of the molecule is CNC1CCN(C=O)C(c2cccc(F)c2F)C1. The summed E-state index contributed by atoms with van der Waals surface area (Å²) in [5.74, 6) is -1.73. The Morgan fingerprint density at radius 1 is 1.44 bits per heavy atom. The summed E-state index contributed by atoms with van der Waals surface area (Å²) < 4.78 is 27.0. The van der Waals surface area contributed by atoms with Crippen LogP contribution in [0.5, 0.6) is 0 Å². The molecule has 18 heavy (non-hydrogen) atoms. The van der Waals surface area contributed by atoms with Gasteiger partial charge in [0.2, 0.25) is 6.41 Å². The Bertz CT molecular complexity index is 439. The molecule has 0 aliphatic carbocycles. The zero-order valence-corrected chi connectivity index (χ0v) is 10.2. The van der Waals surface area contributed by atoms with Gasteiger partial charge in [0.15, 0.2) is 11.6 Å². The molecular formula is C13H16F2N2O. The van der Waals surface area contributed by atoms with Crippen molar-refractivity contribution in [1.82, 2.24) is 10.2 Å². The van der Waals surface area contributed by atoms with Crippen LogP contribution in [0.1, 0.15) is 24.4 Å². The van der Waals surface area contributed by atoms with Gasteiger partial charge in [0, 0.05) is 18.2 Å². The van der Waals surface area contributed by atoms with Gasteiger partial charge in [-0.3, -0.25) is 4.79 Å². The second-order valence-electron chi connectivity index (χ2n) is 4.51. The number of amides is 1. The predicted molar refractivity (Wildman–Crippen MR) is 64.0 cm³/mol. The van der Waals surface area contributed by atoms with Crippen LogP contribution >= 0.6 is 0 Å². The largest absolute Gasteiger partial charge is 0.338 e. The molecule has 0 aromatic heterocycles. The maximum atomic E-state index is 13.8. The van der Waals surface area contributed by atoms with Gasteiger partial charge >= 0.3 is 0 Å². The first-order valence-electron chi connectivity index (χ1n) is 5.99. The molecule has 0 saturated carbocycles. The Morgan fingerprint density at radius 3 is 2.89 bits per heavy atom. The number of carbonyl (C=O) groups is 1. The highest BCUT2D eigenvalue weighted by molar-refractivity contribution is 5.49. The lowest BCUT2D eigenvalue weighted by molar-refractivity contribution is -0.121. The molecule has 5 heteroatoms. The van der Waals surface area contributed by atoms with E-state index in [0.717, 1.165) is 12.5 Å². The molecular weight excluding hydrogens is 238 g/mol. The second kappa shape index (κ2) is 5.44. The number of nitrogens with one attached hydrogen (secondary N) is 1. The Kier molecular flexibility index (Phi) is 3.91. The van der Waals surface area contributed by atoms with E-state index in [0.29, 0.717) is 19.4 Å². The molecule has 2 unspecified atom stereocenters. The van der Waals surface area contributed by atoms with Gasteiger partial charge in [-0.25, -0.2) is 8.78 Å². The molecule has 1 aromatic rings. The molecule has 1 saturated heterocycles. The lowest BCUT2D eigenvalue weighted by atomic mass is 9.92. The van der Waals surface area contributed by atoms with E-state index in [2.05, 4.69) is 5.32 Å². The van der Waals surface area contributed by atoms with Crippen molar-refractivity contribution < 1.29 is 13.6 Å². The number of rotatable bonds is 3. The lowest BCUT2D eigenvalue weighted by Gasteiger charge is -2.37. The van der Waals surface area contributed by atoms with Gasteiger partial charge in [0.05, 0.1) is 6.04 Å². The first-order chi connectivity index (χ1) is 8.67. The molecule has 1 heterocycles. The summed E-state index contributed by atoms with van der Waals surface area (Å²) in [4.78, 5) is 12.6. The average molecular weight is 254 g/mol. The Labute approximate surface area is 105 Å². The summed E-state index contributed by atoms with van der Waals surface area (Å²) in [6.07, 6.45) is 2.12. The number of likely N-dealkylation sites (tertiary alicyclic amines) is 1. The van der Waals surface area contributed by atoms with E-state index in [1.54, 1.807) is 0 Å². The summed E-state index contributed by atoms with van der Waals surface area (Å²) in [6.45, 7) is 0.551. The zero-order valence-electron chi connectivity index (χ0n) is 10.2. The highest BCUT2D eigenvalue weighted by Gasteiger charge is 2.30. The molecule has 3 nitrogen and oxygen atoms in total. The third kappa shape index (κ3) is 2.36. The van der Waals surface area contributed by atoms with E-state index >= 15 is 0 Å². The van der Waals surface area contributed by atoms with Crippen molar-refractivity contribution in [1.29, 1.82) is 0 Å². The number of hydrogen-bond donors (Lipinski definition) is 1. The van der Waals surface area contributed by atoms with Crippen LogP contribution in [0.3, 0.4) is 0 Å². The van der Waals surface area contributed by atoms with Crippen LogP contribution in [0.25, 0.3) is 0 Å². The smallest absolute Gasteiger partial charge is 0.210 e. The number of carbonyl (C=O) groups excluding carboxylic acids is 1. The van der Waals surface area contributed by atoms with Gasteiger partial charge in [-0.2, -0.15) is 0 Å². The minimum absolute atomic E-state index is 0.217. The standard InChI is InChI=1S/C13H16F2N2O/c1-16-9-5-6-17(8-18)12(7-9)10-3-2-4-11(14)13(10)15/h2-4,8-9,12,16H,5-7H2,1H3. The van der Waals surface area contributed by atoms with Crippen molar-refractivity contribution in [2.24, 2.45) is 0 Å². The molecule has 0 spiro atoms. The van der Waals surface area contributed by atoms with E-state index in [1.165, 1.54) is 17.0 Å². The van der Waals surface area contributed by atoms with Crippen molar-refractivity contribution >= 4 is 6.41 Å². The van der Waals surface area contributed by atoms with Crippen LogP contribution in [0.4, 0.5) is 8.78 Å². The van der Waals surface area contributed by atoms with Crippen LogP contribution in [0, 0.1) is 11.6 Å². The van der Waals surface area contributed by atoms with Crippen molar-refractivity contribution in [2.45, 2.75) is 24.9 Å². The lowest BCUT2D eigenvalue weighted by Crippen LogP contribution is -2.43. The van der Waals surface area contributed by atoms with Crippen LogP contribution in [-0.2, 0) is 4.79 Å². The maximum absolute atomic E-state index is 13.8.